The summed E-state index contributed by atoms with van der Waals surface area (Å²) in [7, 11) is 1.82. The summed E-state index contributed by atoms with van der Waals surface area (Å²) >= 11 is 0. The summed E-state index contributed by atoms with van der Waals surface area (Å²) in [6.07, 6.45) is 0. The van der Waals surface area contributed by atoms with Gasteiger partial charge in [0.2, 0.25) is 5.91 Å². The average molecular weight is 235 g/mol. The van der Waals surface area contributed by atoms with Crippen LogP contribution in [0.5, 0.6) is 5.75 Å². The second-order valence-electron chi connectivity index (χ2n) is 4.39. The van der Waals surface area contributed by atoms with Gasteiger partial charge in [0.1, 0.15) is 5.75 Å². The predicted octanol–water partition coefficient (Wildman–Crippen LogP) is 2.70. The number of hydrogen-bond acceptors (Lipinski definition) is 2. The van der Waals surface area contributed by atoms with Gasteiger partial charge < -0.3 is 9.64 Å². The Morgan fingerprint density at radius 1 is 1.35 bits per heavy atom. The van der Waals surface area contributed by atoms with Crippen LogP contribution in [0, 0.1) is 5.92 Å². The Kier molecular flexibility index (Phi) is 5.01. The molecular formula is C14H21NO2. The number of rotatable bonds is 5. The van der Waals surface area contributed by atoms with Crippen LogP contribution in [0.15, 0.2) is 24.3 Å². The number of benzene rings is 1. The first-order chi connectivity index (χ1) is 8.06. The Hall–Kier alpha value is -1.51. The molecule has 0 aliphatic rings. The Bertz CT molecular complexity index is 374. The van der Waals surface area contributed by atoms with E-state index >= 15 is 0 Å². The highest BCUT2D eigenvalue weighted by molar-refractivity contribution is 5.77. The van der Waals surface area contributed by atoms with Gasteiger partial charge in [0.15, 0.2) is 0 Å². The van der Waals surface area contributed by atoms with Crippen LogP contribution in [0.4, 0.5) is 0 Å². The molecule has 0 aliphatic carbocycles. The molecule has 0 aromatic heterocycles. The molecule has 0 aliphatic heterocycles. The van der Waals surface area contributed by atoms with Crippen molar-refractivity contribution in [2.45, 2.75) is 27.3 Å². The summed E-state index contributed by atoms with van der Waals surface area (Å²) in [6, 6.07) is 7.84. The molecule has 0 heterocycles. The highest BCUT2D eigenvalue weighted by Crippen LogP contribution is 2.19. The fourth-order valence-electron chi connectivity index (χ4n) is 1.70. The van der Waals surface area contributed by atoms with Crippen molar-refractivity contribution < 1.29 is 9.53 Å². The molecule has 94 valence electrons. The van der Waals surface area contributed by atoms with Crippen LogP contribution in [-0.2, 0) is 11.3 Å². The largest absolute Gasteiger partial charge is 0.494 e. The maximum atomic E-state index is 11.8. The van der Waals surface area contributed by atoms with Crippen molar-refractivity contribution in [1.29, 1.82) is 0 Å². The van der Waals surface area contributed by atoms with E-state index in [1.54, 1.807) is 4.90 Å². The molecule has 0 spiro atoms. The van der Waals surface area contributed by atoms with Crippen LogP contribution in [0.25, 0.3) is 0 Å². The molecule has 0 saturated heterocycles. The van der Waals surface area contributed by atoms with Crippen LogP contribution in [0.2, 0.25) is 0 Å². The minimum Gasteiger partial charge on any atom is -0.494 e. The van der Waals surface area contributed by atoms with Crippen LogP contribution in [-0.4, -0.2) is 24.5 Å². The summed E-state index contributed by atoms with van der Waals surface area (Å²) in [5, 5.41) is 0. The highest BCUT2D eigenvalue weighted by atomic mass is 16.5. The molecule has 3 nitrogen and oxygen atoms in total. The van der Waals surface area contributed by atoms with Crippen molar-refractivity contribution in [1.82, 2.24) is 4.90 Å². The van der Waals surface area contributed by atoms with Crippen LogP contribution in [0.3, 0.4) is 0 Å². The van der Waals surface area contributed by atoms with Gasteiger partial charge in [0.25, 0.3) is 0 Å². The minimum atomic E-state index is 0.0271. The zero-order chi connectivity index (χ0) is 12.8. The normalized spacial score (nSPS) is 10.4. The number of carbonyl (C=O) groups excluding carboxylic acids is 1. The Morgan fingerprint density at radius 2 is 2.00 bits per heavy atom. The minimum absolute atomic E-state index is 0.0271. The smallest absolute Gasteiger partial charge is 0.225 e. The fraction of sp³-hybridized carbons (Fsp3) is 0.500. The van der Waals surface area contributed by atoms with Gasteiger partial charge in [-0.1, -0.05) is 32.0 Å². The lowest BCUT2D eigenvalue weighted by Gasteiger charge is -2.20. The monoisotopic (exact) mass is 235 g/mol. The summed E-state index contributed by atoms with van der Waals surface area (Å²) in [4.78, 5) is 13.5. The molecule has 1 aromatic rings. The lowest BCUT2D eigenvalue weighted by atomic mass is 10.1. The van der Waals surface area contributed by atoms with Gasteiger partial charge in [-0.2, -0.15) is 0 Å². The SMILES string of the molecule is CCOc1ccccc1CN(C)C(=O)C(C)C. The fourth-order valence-corrected chi connectivity index (χ4v) is 1.70. The second kappa shape index (κ2) is 6.28. The number of nitrogens with zero attached hydrogens (tertiary/aromatic N) is 1. The highest BCUT2D eigenvalue weighted by Gasteiger charge is 2.14. The molecule has 0 saturated carbocycles. The lowest BCUT2D eigenvalue weighted by molar-refractivity contribution is -0.133. The van der Waals surface area contributed by atoms with Crippen LogP contribution in [0.1, 0.15) is 26.3 Å². The van der Waals surface area contributed by atoms with Crippen molar-refractivity contribution in [3.05, 3.63) is 29.8 Å². The van der Waals surface area contributed by atoms with Crippen molar-refractivity contribution >= 4 is 5.91 Å². The van der Waals surface area contributed by atoms with Gasteiger partial charge in [-0.3, -0.25) is 4.79 Å². The Balaban J connectivity index is 2.77. The van der Waals surface area contributed by atoms with E-state index in [1.807, 2.05) is 52.1 Å². The van der Waals surface area contributed by atoms with Crippen LogP contribution >= 0.6 is 0 Å². The van der Waals surface area contributed by atoms with Gasteiger partial charge in [0.05, 0.1) is 6.61 Å². The summed E-state index contributed by atoms with van der Waals surface area (Å²) in [5.41, 5.74) is 1.05. The number of para-hydroxylation sites is 1. The molecule has 0 atom stereocenters. The van der Waals surface area contributed by atoms with E-state index in [1.165, 1.54) is 0 Å². The summed E-state index contributed by atoms with van der Waals surface area (Å²) < 4.78 is 5.54. The number of amides is 1. The van der Waals surface area contributed by atoms with E-state index < -0.39 is 0 Å². The number of carbonyl (C=O) groups is 1. The van der Waals surface area contributed by atoms with E-state index in [4.69, 9.17) is 4.74 Å². The Labute approximate surface area is 103 Å². The van der Waals surface area contributed by atoms with E-state index in [0.717, 1.165) is 11.3 Å². The molecule has 17 heavy (non-hydrogen) atoms. The van der Waals surface area contributed by atoms with Gasteiger partial charge in [-0.05, 0) is 13.0 Å². The zero-order valence-corrected chi connectivity index (χ0v) is 11.1. The molecular weight excluding hydrogens is 214 g/mol. The van der Waals surface area contributed by atoms with Crippen molar-refractivity contribution in [3.8, 4) is 5.75 Å². The maximum Gasteiger partial charge on any atom is 0.225 e. The molecule has 0 bridgehead atoms. The third-order valence-electron chi connectivity index (χ3n) is 2.55. The molecule has 0 radical (unpaired) electrons. The molecule has 1 amide bonds. The third kappa shape index (κ3) is 3.77. The Morgan fingerprint density at radius 3 is 2.59 bits per heavy atom. The van der Waals surface area contributed by atoms with Gasteiger partial charge in [-0.15, -0.1) is 0 Å². The van der Waals surface area contributed by atoms with Crippen LogP contribution < -0.4 is 4.74 Å². The predicted molar refractivity (Wildman–Crippen MR) is 68.9 cm³/mol. The zero-order valence-electron chi connectivity index (χ0n) is 11.1. The molecule has 0 N–H and O–H groups in total. The first-order valence-electron chi connectivity index (χ1n) is 6.02. The second-order valence-corrected chi connectivity index (χ2v) is 4.39. The molecule has 0 fully saturated rings. The van der Waals surface area contributed by atoms with Crippen molar-refractivity contribution in [2.24, 2.45) is 5.92 Å². The first kappa shape index (κ1) is 13.6. The van der Waals surface area contributed by atoms with Gasteiger partial charge >= 0.3 is 0 Å². The van der Waals surface area contributed by atoms with Crippen molar-refractivity contribution in [3.63, 3.8) is 0 Å². The van der Waals surface area contributed by atoms with E-state index in [9.17, 15) is 4.79 Å². The van der Waals surface area contributed by atoms with Gasteiger partial charge in [0, 0.05) is 25.1 Å². The molecule has 0 unspecified atom stereocenters. The third-order valence-corrected chi connectivity index (χ3v) is 2.55. The average Bonchev–Trinajstić information content (AvgIpc) is 2.30. The molecule has 1 rings (SSSR count). The lowest BCUT2D eigenvalue weighted by Crippen LogP contribution is -2.30. The standard InChI is InChI=1S/C14H21NO2/c1-5-17-13-9-7-6-8-12(13)10-15(4)14(16)11(2)3/h6-9,11H,5,10H2,1-4H3. The topological polar surface area (TPSA) is 29.5 Å². The quantitative estimate of drug-likeness (QED) is 0.785. The van der Waals surface area contributed by atoms with E-state index in [2.05, 4.69) is 0 Å². The number of hydrogen-bond donors (Lipinski definition) is 0. The first-order valence-corrected chi connectivity index (χ1v) is 6.02. The maximum absolute atomic E-state index is 11.8. The van der Waals surface area contributed by atoms with Gasteiger partial charge in [-0.25, -0.2) is 0 Å². The summed E-state index contributed by atoms with van der Waals surface area (Å²) in [5.74, 6) is 1.04. The van der Waals surface area contributed by atoms with E-state index in [-0.39, 0.29) is 11.8 Å². The molecule has 1 aromatic carbocycles. The molecule has 3 heteroatoms. The summed E-state index contributed by atoms with van der Waals surface area (Å²) in [6.45, 7) is 7.01. The number of ether oxygens (including phenoxy) is 1. The van der Waals surface area contributed by atoms with E-state index in [0.29, 0.717) is 13.2 Å². The van der Waals surface area contributed by atoms with Crippen molar-refractivity contribution in [2.75, 3.05) is 13.7 Å².